The minimum absolute atomic E-state index is 0.0596. The van der Waals surface area contributed by atoms with E-state index in [9.17, 15) is 9.90 Å². The van der Waals surface area contributed by atoms with Gasteiger partial charge in [0.2, 0.25) is 0 Å². The highest BCUT2D eigenvalue weighted by Gasteiger charge is 2.12. The molecule has 0 saturated carbocycles. The number of hydrogen-bond acceptors (Lipinski definition) is 3. The molecule has 2 rings (SSSR count). The Hall–Kier alpha value is -2.29. The van der Waals surface area contributed by atoms with Gasteiger partial charge in [0.1, 0.15) is 17.1 Å². The standard InChI is InChI=1S/C28H40O3/c1-2-3-4-5-6-7-8-9-10-11-12-13-14-18-24-19-17-20-25(23-24)31-28(30)26-21-15-16-22-27(26)29/h15-17,19-23,29H,2-14,18H2,1H3. The smallest absolute Gasteiger partial charge is 0.347 e. The van der Waals surface area contributed by atoms with Gasteiger partial charge in [0.15, 0.2) is 0 Å². The fourth-order valence-corrected chi connectivity index (χ4v) is 3.92. The SMILES string of the molecule is CCCCCCCCCCCCCCCc1cccc(OC(=O)c2ccccc2O)c1. The van der Waals surface area contributed by atoms with Crippen molar-refractivity contribution in [3.8, 4) is 11.5 Å². The summed E-state index contributed by atoms with van der Waals surface area (Å²) in [6, 6.07) is 14.2. The lowest BCUT2D eigenvalue weighted by Crippen LogP contribution is -2.08. The third-order valence-corrected chi connectivity index (χ3v) is 5.80. The van der Waals surface area contributed by atoms with Gasteiger partial charge in [-0.2, -0.15) is 0 Å². The number of carbonyl (C=O) groups excluding carboxylic acids is 1. The number of rotatable bonds is 16. The molecule has 170 valence electrons. The second-order valence-corrected chi connectivity index (χ2v) is 8.55. The van der Waals surface area contributed by atoms with Gasteiger partial charge in [0, 0.05) is 0 Å². The van der Waals surface area contributed by atoms with Gasteiger partial charge in [-0.05, 0) is 42.7 Å². The Balaban J connectivity index is 1.55. The predicted octanol–water partition coefficient (Wildman–Crippen LogP) is 8.25. The Morgan fingerprint density at radius 2 is 1.32 bits per heavy atom. The Morgan fingerprint density at radius 1 is 0.742 bits per heavy atom. The highest BCUT2D eigenvalue weighted by molar-refractivity contribution is 5.93. The van der Waals surface area contributed by atoms with Crippen molar-refractivity contribution in [1.29, 1.82) is 0 Å². The molecular formula is C28H40O3. The Labute approximate surface area is 188 Å². The monoisotopic (exact) mass is 424 g/mol. The molecule has 2 aromatic rings. The molecule has 2 aromatic carbocycles. The first kappa shape index (κ1) is 25.0. The summed E-state index contributed by atoms with van der Waals surface area (Å²) in [5.74, 6) is -0.0627. The molecule has 0 bridgehead atoms. The number of phenols is 1. The van der Waals surface area contributed by atoms with Crippen LogP contribution in [-0.4, -0.2) is 11.1 Å². The Kier molecular flexibility index (Phi) is 12.5. The molecule has 31 heavy (non-hydrogen) atoms. The molecule has 0 amide bonds. The number of aromatic hydroxyl groups is 1. The molecule has 0 spiro atoms. The van der Waals surface area contributed by atoms with E-state index in [4.69, 9.17) is 4.74 Å². The quantitative estimate of drug-likeness (QED) is 0.168. The van der Waals surface area contributed by atoms with E-state index in [-0.39, 0.29) is 11.3 Å². The Bertz CT molecular complexity index is 753. The number of para-hydroxylation sites is 1. The molecule has 0 unspecified atom stereocenters. The van der Waals surface area contributed by atoms with E-state index >= 15 is 0 Å². The van der Waals surface area contributed by atoms with Crippen LogP contribution in [-0.2, 0) is 6.42 Å². The second-order valence-electron chi connectivity index (χ2n) is 8.55. The first-order valence-corrected chi connectivity index (χ1v) is 12.3. The zero-order valence-electron chi connectivity index (χ0n) is 19.3. The van der Waals surface area contributed by atoms with Gasteiger partial charge in [0.05, 0.1) is 0 Å². The van der Waals surface area contributed by atoms with Crippen LogP contribution in [0.2, 0.25) is 0 Å². The average molecular weight is 425 g/mol. The van der Waals surface area contributed by atoms with Crippen molar-refractivity contribution in [2.75, 3.05) is 0 Å². The zero-order valence-corrected chi connectivity index (χ0v) is 19.3. The maximum Gasteiger partial charge on any atom is 0.347 e. The first-order valence-electron chi connectivity index (χ1n) is 12.3. The summed E-state index contributed by atoms with van der Waals surface area (Å²) in [5.41, 5.74) is 1.37. The Morgan fingerprint density at radius 3 is 1.94 bits per heavy atom. The van der Waals surface area contributed by atoms with Crippen molar-refractivity contribution in [2.24, 2.45) is 0 Å². The lowest BCUT2D eigenvalue weighted by molar-refractivity contribution is 0.0731. The van der Waals surface area contributed by atoms with Gasteiger partial charge in [-0.1, -0.05) is 108 Å². The van der Waals surface area contributed by atoms with Crippen LogP contribution in [0.5, 0.6) is 11.5 Å². The van der Waals surface area contributed by atoms with Gasteiger partial charge in [-0.15, -0.1) is 0 Å². The van der Waals surface area contributed by atoms with Crippen molar-refractivity contribution in [3.63, 3.8) is 0 Å². The molecule has 0 aliphatic rings. The van der Waals surface area contributed by atoms with E-state index in [1.807, 2.05) is 12.1 Å². The summed E-state index contributed by atoms with van der Waals surface area (Å²) in [7, 11) is 0. The van der Waals surface area contributed by atoms with Gasteiger partial charge in [0.25, 0.3) is 0 Å². The van der Waals surface area contributed by atoms with Crippen molar-refractivity contribution in [1.82, 2.24) is 0 Å². The highest BCUT2D eigenvalue weighted by Crippen LogP contribution is 2.21. The van der Waals surface area contributed by atoms with Crippen LogP contribution in [0, 0.1) is 0 Å². The molecule has 1 N–H and O–H groups in total. The molecule has 0 aliphatic heterocycles. The molecule has 0 atom stereocenters. The normalized spacial score (nSPS) is 10.9. The zero-order chi connectivity index (χ0) is 22.2. The fourth-order valence-electron chi connectivity index (χ4n) is 3.92. The van der Waals surface area contributed by atoms with E-state index < -0.39 is 5.97 Å². The van der Waals surface area contributed by atoms with Crippen LogP contribution in [0.1, 0.15) is 106 Å². The van der Waals surface area contributed by atoms with Crippen molar-refractivity contribution in [3.05, 3.63) is 59.7 Å². The van der Waals surface area contributed by atoms with Crippen molar-refractivity contribution < 1.29 is 14.6 Å². The largest absolute Gasteiger partial charge is 0.507 e. The maximum atomic E-state index is 12.2. The molecule has 3 heteroatoms. The van der Waals surface area contributed by atoms with Crippen LogP contribution in [0.3, 0.4) is 0 Å². The summed E-state index contributed by atoms with van der Waals surface area (Å²) in [6.45, 7) is 2.27. The summed E-state index contributed by atoms with van der Waals surface area (Å²) in [6.07, 6.45) is 18.6. The van der Waals surface area contributed by atoms with Gasteiger partial charge in [-0.3, -0.25) is 0 Å². The first-order chi connectivity index (χ1) is 15.2. The minimum Gasteiger partial charge on any atom is -0.507 e. The topological polar surface area (TPSA) is 46.5 Å². The summed E-state index contributed by atoms with van der Waals surface area (Å²) in [5, 5.41) is 9.80. The summed E-state index contributed by atoms with van der Waals surface area (Å²) >= 11 is 0. The van der Waals surface area contributed by atoms with Gasteiger partial charge >= 0.3 is 5.97 Å². The number of phenolic OH excluding ortho intramolecular Hbond substituents is 1. The fraction of sp³-hybridized carbons (Fsp3) is 0.536. The number of benzene rings is 2. The second kappa shape index (κ2) is 15.5. The molecule has 0 fully saturated rings. The van der Waals surface area contributed by atoms with Gasteiger partial charge in [-0.25, -0.2) is 4.79 Å². The molecule has 3 nitrogen and oxygen atoms in total. The third kappa shape index (κ3) is 10.5. The number of esters is 1. The third-order valence-electron chi connectivity index (χ3n) is 5.80. The lowest BCUT2D eigenvalue weighted by Gasteiger charge is -2.08. The highest BCUT2D eigenvalue weighted by atomic mass is 16.5. The molecule has 0 radical (unpaired) electrons. The van der Waals surface area contributed by atoms with Crippen LogP contribution >= 0.6 is 0 Å². The summed E-state index contributed by atoms with van der Waals surface area (Å²) < 4.78 is 5.44. The van der Waals surface area contributed by atoms with E-state index in [2.05, 4.69) is 13.0 Å². The minimum atomic E-state index is -0.531. The van der Waals surface area contributed by atoms with Crippen molar-refractivity contribution >= 4 is 5.97 Å². The molecule has 0 heterocycles. The van der Waals surface area contributed by atoms with E-state index in [1.54, 1.807) is 24.3 Å². The van der Waals surface area contributed by atoms with Gasteiger partial charge < -0.3 is 9.84 Å². The number of ether oxygens (including phenoxy) is 1. The molecule has 0 saturated heterocycles. The van der Waals surface area contributed by atoms with Crippen LogP contribution in [0.15, 0.2) is 48.5 Å². The predicted molar refractivity (Wildman–Crippen MR) is 129 cm³/mol. The van der Waals surface area contributed by atoms with Crippen LogP contribution in [0.4, 0.5) is 0 Å². The number of unbranched alkanes of at least 4 members (excludes halogenated alkanes) is 12. The van der Waals surface area contributed by atoms with Crippen LogP contribution in [0.25, 0.3) is 0 Å². The number of aryl methyl sites for hydroxylation is 1. The lowest BCUT2D eigenvalue weighted by atomic mass is 10.0. The van der Waals surface area contributed by atoms with Crippen LogP contribution < -0.4 is 4.74 Å². The van der Waals surface area contributed by atoms with E-state index in [0.717, 1.165) is 12.8 Å². The van der Waals surface area contributed by atoms with E-state index in [0.29, 0.717) is 5.75 Å². The number of carbonyl (C=O) groups is 1. The molecule has 0 aromatic heterocycles. The number of hydrogen-bond donors (Lipinski definition) is 1. The summed E-state index contributed by atoms with van der Waals surface area (Å²) in [4.78, 5) is 12.2. The molecular weight excluding hydrogens is 384 g/mol. The maximum absolute atomic E-state index is 12.2. The average Bonchev–Trinajstić information content (AvgIpc) is 2.77. The van der Waals surface area contributed by atoms with E-state index in [1.165, 1.54) is 88.7 Å². The van der Waals surface area contributed by atoms with Crippen molar-refractivity contribution in [2.45, 2.75) is 96.8 Å². The molecule has 0 aliphatic carbocycles.